The van der Waals surface area contributed by atoms with E-state index in [1.54, 1.807) is 31.3 Å². The highest BCUT2D eigenvalue weighted by atomic mass is 32.2. The van der Waals surface area contributed by atoms with Crippen LogP contribution in [0.25, 0.3) is 28.6 Å². The van der Waals surface area contributed by atoms with Gasteiger partial charge in [0.2, 0.25) is 10.0 Å². The molecule has 0 spiro atoms. The van der Waals surface area contributed by atoms with Gasteiger partial charge in [0, 0.05) is 17.3 Å². The third-order valence-electron chi connectivity index (χ3n) is 4.20. The first-order valence-corrected chi connectivity index (χ1v) is 9.96. The first-order valence-electron chi connectivity index (χ1n) is 8.41. The average Bonchev–Trinajstić information content (AvgIpc) is 3.01. The lowest BCUT2D eigenvalue weighted by atomic mass is 9.98. The number of benzene rings is 2. The molecule has 3 aromatic rings. The molecule has 28 heavy (non-hydrogen) atoms. The van der Waals surface area contributed by atoms with E-state index in [1.807, 2.05) is 31.2 Å². The minimum absolute atomic E-state index is 0.0208. The number of aromatic nitrogens is 2. The Morgan fingerprint density at radius 2 is 1.64 bits per heavy atom. The van der Waals surface area contributed by atoms with Crippen molar-refractivity contribution in [3.63, 3.8) is 0 Å². The molecule has 7 nitrogen and oxygen atoms in total. The van der Waals surface area contributed by atoms with E-state index in [0.717, 1.165) is 5.56 Å². The quantitative estimate of drug-likeness (QED) is 0.685. The van der Waals surface area contributed by atoms with Gasteiger partial charge in [-0.15, -0.1) is 0 Å². The predicted octanol–water partition coefficient (Wildman–Crippen LogP) is 3.36. The second-order valence-electron chi connectivity index (χ2n) is 6.24. The van der Waals surface area contributed by atoms with E-state index in [0.29, 0.717) is 22.4 Å². The van der Waals surface area contributed by atoms with Crippen LogP contribution >= 0.6 is 0 Å². The van der Waals surface area contributed by atoms with E-state index >= 15 is 0 Å². The second kappa shape index (κ2) is 7.41. The number of sulfonamides is 1. The highest BCUT2D eigenvalue weighted by Gasteiger charge is 2.24. The fraction of sp³-hybridized carbons (Fsp3) is 0.100. The number of carboxylic acids is 1. The van der Waals surface area contributed by atoms with Crippen LogP contribution in [0.4, 0.5) is 0 Å². The number of primary sulfonamides is 1. The van der Waals surface area contributed by atoms with E-state index in [-0.39, 0.29) is 10.6 Å². The van der Waals surface area contributed by atoms with Gasteiger partial charge in [-0.3, -0.25) is 0 Å². The lowest BCUT2D eigenvalue weighted by molar-refractivity contribution is 0.0688. The number of aromatic carboxylic acids is 1. The summed E-state index contributed by atoms with van der Waals surface area (Å²) in [4.78, 5) is 12.0. The van der Waals surface area contributed by atoms with E-state index in [9.17, 15) is 18.3 Å². The van der Waals surface area contributed by atoms with Crippen molar-refractivity contribution in [3.05, 3.63) is 65.9 Å². The smallest absolute Gasteiger partial charge is 0.355 e. The largest absolute Gasteiger partial charge is 0.476 e. The predicted molar refractivity (Wildman–Crippen MR) is 107 cm³/mol. The minimum atomic E-state index is -3.82. The number of nitrogens with zero attached hydrogens (tertiary/aromatic N) is 2. The van der Waals surface area contributed by atoms with Crippen LogP contribution in [0.2, 0.25) is 0 Å². The number of nitrogens with two attached hydrogens (primary N) is 1. The Hall–Kier alpha value is -3.23. The van der Waals surface area contributed by atoms with Gasteiger partial charge in [-0.1, -0.05) is 48.0 Å². The molecule has 8 heteroatoms. The summed E-state index contributed by atoms with van der Waals surface area (Å²) in [6, 6.07) is 13.3. The van der Waals surface area contributed by atoms with E-state index in [4.69, 9.17) is 5.14 Å². The number of allylic oxidation sites excluding steroid dienone is 1. The summed E-state index contributed by atoms with van der Waals surface area (Å²) in [5, 5.41) is 19.4. The molecule has 0 saturated carbocycles. The van der Waals surface area contributed by atoms with Crippen LogP contribution in [0.15, 0.2) is 59.5 Å². The van der Waals surface area contributed by atoms with Gasteiger partial charge in [0.15, 0.2) is 5.69 Å². The van der Waals surface area contributed by atoms with Crippen molar-refractivity contribution < 1.29 is 18.3 Å². The van der Waals surface area contributed by atoms with Crippen molar-refractivity contribution in [2.45, 2.75) is 18.7 Å². The van der Waals surface area contributed by atoms with Crippen LogP contribution in [-0.4, -0.2) is 29.3 Å². The Kier molecular flexibility index (Phi) is 5.17. The number of rotatable bonds is 5. The van der Waals surface area contributed by atoms with Crippen molar-refractivity contribution in [2.24, 2.45) is 5.14 Å². The van der Waals surface area contributed by atoms with Crippen molar-refractivity contribution in [1.82, 2.24) is 9.78 Å². The molecule has 0 amide bonds. The molecule has 0 aliphatic heterocycles. The SMILES string of the molecule is CC=Cn1nc(-c2ccc(S(N)(=O)=O)cc2)c(-c2ccc(C)cc2)c1C(=O)O. The Balaban J connectivity index is 2.29. The number of carbonyl (C=O) groups is 1. The van der Waals surface area contributed by atoms with E-state index in [2.05, 4.69) is 5.10 Å². The summed E-state index contributed by atoms with van der Waals surface area (Å²) in [6.07, 6.45) is 3.25. The van der Waals surface area contributed by atoms with Crippen LogP contribution in [0, 0.1) is 6.92 Å². The fourth-order valence-electron chi connectivity index (χ4n) is 2.89. The van der Waals surface area contributed by atoms with Crippen molar-refractivity contribution in [2.75, 3.05) is 0 Å². The van der Waals surface area contributed by atoms with Crippen LogP contribution in [-0.2, 0) is 10.0 Å². The maximum absolute atomic E-state index is 12.0. The molecule has 1 aromatic heterocycles. The van der Waals surface area contributed by atoms with Gasteiger partial charge in [-0.05, 0) is 31.5 Å². The molecule has 3 N–H and O–H groups in total. The topological polar surface area (TPSA) is 115 Å². The molecule has 0 atom stereocenters. The number of hydrogen-bond donors (Lipinski definition) is 2. The molecular weight excluding hydrogens is 378 g/mol. The molecule has 0 fully saturated rings. The number of carboxylic acid groups (broad SMARTS) is 1. The van der Waals surface area contributed by atoms with Crippen LogP contribution < -0.4 is 5.14 Å². The van der Waals surface area contributed by atoms with Crippen molar-refractivity contribution in [3.8, 4) is 22.4 Å². The Labute approximate surface area is 162 Å². The molecule has 144 valence electrons. The first-order chi connectivity index (χ1) is 13.2. The summed E-state index contributed by atoms with van der Waals surface area (Å²) >= 11 is 0. The maximum atomic E-state index is 12.0. The molecular formula is C20H19N3O4S. The normalized spacial score (nSPS) is 11.8. The number of aryl methyl sites for hydroxylation is 1. The fourth-order valence-corrected chi connectivity index (χ4v) is 3.40. The zero-order chi connectivity index (χ0) is 20.5. The van der Waals surface area contributed by atoms with Gasteiger partial charge < -0.3 is 5.11 Å². The van der Waals surface area contributed by atoms with Gasteiger partial charge in [0.25, 0.3) is 0 Å². The molecule has 3 rings (SSSR count). The second-order valence-corrected chi connectivity index (χ2v) is 7.80. The summed E-state index contributed by atoms with van der Waals surface area (Å²) in [5.41, 5.74) is 3.22. The summed E-state index contributed by atoms with van der Waals surface area (Å²) in [7, 11) is -3.82. The molecule has 0 unspecified atom stereocenters. The van der Waals surface area contributed by atoms with Gasteiger partial charge in [-0.2, -0.15) is 5.10 Å². The van der Waals surface area contributed by atoms with Crippen LogP contribution in [0.1, 0.15) is 23.0 Å². The Morgan fingerprint density at radius 1 is 1.07 bits per heavy atom. The van der Waals surface area contributed by atoms with E-state index in [1.165, 1.54) is 16.8 Å². The molecule has 0 aliphatic rings. The minimum Gasteiger partial charge on any atom is -0.476 e. The zero-order valence-electron chi connectivity index (χ0n) is 15.3. The molecule has 2 aromatic carbocycles. The highest BCUT2D eigenvalue weighted by Crippen LogP contribution is 2.35. The maximum Gasteiger partial charge on any atom is 0.355 e. The summed E-state index contributed by atoms with van der Waals surface area (Å²) in [5.74, 6) is -1.12. The standard InChI is InChI=1S/C20H19N3O4S/c1-3-12-23-19(20(24)25)17(14-6-4-13(2)5-7-14)18(22-23)15-8-10-16(11-9-15)28(21,26)27/h3-12H,1-2H3,(H,24,25)(H2,21,26,27). The monoisotopic (exact) mass is 397 g/mol. The molecule has 0 radical (unpaired) electrons. The zero-order valence-corrected chi connectivity index (χ0v) is 16.1. The molecule has 1 heterocycles. The van der Waals surface area contributed by atoms with Crippen molar-refractivity contribution >= 4 is 22.2 Å². The van der Waals surface area contributed by atoms with Crippen LogP contribution in [0.3, 0.4) is 0 Å². The van der Waals surface area contributed by atoms with Gasteiger partial charge in [0.1, 0.15) is 5.69 Å². The Morgan fingerprint density at radius 3 is 2.14 bits per heavy atom. The molecule has 0 saturated heterocycles. The average molecular weight is 397 g/mol. The molecule has 0 bridgehead atoms. The highest BCUT2D eigenvalue weighted by molar-refractivity contribution is 7.89. The van der Waals surface area contributed by atoms with Gasteiger partial charge in [-0.25, -0.2) is 23.0 Å². The number of hydrogen-bond acceptors (Lipinski definition) is 4. The van der Waals surface area contributed by atoms with E-state index < -0.39 is 16.0 Å². The summed E-state index contributed by atoms with van der Waals surface area (Å²) < 4.78 is 24.3. The van der Waals surface area contributed by atoms with Crippen LogP contribution in [0.5, 0.6) is 0 Å². The third kappa shape index (κ3) is 3.73. The lowest BCUT2D eigenvalue weighted by Gasteiger charge is -2.06. The summed E-state index contributed by atoms with van der Waals surface area (Å²) in [6.45, 7) is 3.71. The molecule has 0 aliphatic carbocycles. The third-order valence-corrected chi connectivity index (χ3v) is 5.13. The van der Waals surface area contributed by atoms with Gasteiger partial charge in [0.05, 0.1) is 4.90 Å². The van der Waals surface area contributed by atoms with Crippen molar-refractivity contribution in [1.29, 1.82) is 0 Å². The lowest BCUT2D eigenvalue weighted by Crippen LogP contribution is -2.11. The van der Waals surface area contributed by atoms with Gasteiger partial charge >= 0.3 is 5.97 Å². The first kappa shape index (κ1) is 19.5. The Bertz CT molecular complexity index is 1160.